The maximum atomic E-state index is 12.8. The van der Waals surface area contributed by atoms with Crippen LogP contribution in [0, 0.1) is 0 Å². The minimum atomic E-state index is -0.788. The summed E-state index contributed by atoms with van der Waals surface area (Å²) in [6.45, 7) is 6.36. The van der Waals surface area contributed by atoms with Gasteiger partial charge in [-0.1, -0.05) is 196 Å². The molecular weight excluding hydrogens is 745 g/mol. The fourth-order valence-electron chi connectivity index (χ4n) is 6.77. The van der Waals surface area contributed by atoms with Gasteiger partial charge in [-0.15, -0.1) is 0 Å². The van der Waals surface area contributed by atoms with E-state index in [2.05, 4.69) is 93.7 Å². The third-order valence-electron chi connectivity index (χ3n) is 10.5. The summed E-state index contributed by atoms with van der Waals surface area (Å²) in [6.07, 6.45) is 60.2. The summed E-state index contributed by atoms with van der Waals surface area (Å²) >= 11 is 0. The van der Waals surface area contributed by atoms with Crippen molar-refractivity contribution in [2.75, 3.05) is 13.2 Å². The predicted octanol–water partition coefficient (Wildman–Crippen LogP) is 16.3. The molecule has 0 aromatic carbocycles. The molecule has 0 amide bonds. The van der Waals surface area contributed by atoms with Crippen LogP contribution in [0.2, 0.25) is 0 Å². The molecule has 0 N–H and O–H groups in total. The monoisotopic (exact) mass is 837 g/mol. The van der Waals surface area contributed by atoms with Crippen LogP contribution < -0.4 is 0 Å². The lowest BCUT2D eigenvalue weighted by molar-refractivity contribution is -0.167. The highest BCUT2D eigenvalue weighted by atomic mass is 16.6. The Morgan fingerprint density at radius 1 is 0.367 bits per heavy atom. The molecule has 344 valence electrons. The summed E-state index contributed by atoms with van der Waals surface area (Å²) in [7, 11) is 0. The number of hydrogen-bond acceptors (Lipinski definition) is 6. The summed E-state index contributed by atoms with van der Waals surface area (Å²) in [5, 5.41) is 0. The Morgan fingerprint density at radius 3 is 1.20 bits per heavy atom. The molecule has 0 heterocycles. The number of ether oxygens (including phenoxy) is 3. The highest BCUT2D eigenvalue weighted by molar-refractivity contribution is 5.71. The molecule has 0 fully saturated rings. The Kier molecular flexibility index (Phi) is 46.0. The Hall–Kier alpha value is -3.15. The van der Waals surface area contributed by atoms with Gasteiger partial charge in [-0.2, -0.15) is 0 Å². The van der Waals surface area contributed by atoms with Crippen LogP contribution >= 0.6 is 0 Å². The third kappa shape index (κ3) is 45.9. The van der Waals surface area contributed by atoms with Gasteiger partial charge < -0.3 is 14.2 Å². The van der Waals surface area contributed by atoms with Gasteiger partial charge in [0.1, 0.15) is 13.2 Å². The van der Waals surface area contributed by atoms with Gasteiger partial charge in [0.05, 0.1) is 0 Å². The van der Waals surface area contributed by atoms with Gasteiger partial charge in [-0.3, -0.25) is 14.4 Å². The Morgan fingerprint density at radius 2 is 0.733 bits per heavy atom. The fourth-order valence-corrected chi connectivity index (χ4v) is 6.77. The lowest BCUT2D eigenvalue weighted by Crippen LogP contribution is -2.30. The maximum Gasteiger partial charge on any atom is 0.306 e. The third-order valence-corrected chi connectivity index (χ3v) is 10.5. The van der Waals surface area contributed by atoms with Crippen LogP contribution in [0.15, 0.2) is 72.9 Å². The largest absolute Gasteiger partial charge is 0.462 e. The highest BCUT2D eigenvalue weighted by Crippen LogP contribution is 2.14. The molecule has 0 aliphatic rings. The summed E-state index contributed by atoms with van der Waals surface area (Å²) in [5.41, 5.74) is 0. The van der Waals surface area contributed by atoms with Gasteiger partial charge in [0, 0.05) is 19.3 Å². The molecule has 60 heavy (non-hydrogen) atoms. The molecule has 6 nitrogen and oxygen atoms in total. The first-order valence-corrected chi connectivity index (χ1v) is 25.0. The summed E-state index contributed by atoms with van der Waals surface area (Å²) in [6, 6.07) is 0. The molecular formula is C54H92O6. The van der Waals surface area contributed by atoms with Crippen molar-refractivity contribution in [3.05, 3.63) is 72.9 Å². The van der Waals surface area contributed by atoms with Crippen LogP contribution in [-0.2, 0) is 28.6 Å². The molecule has 0 rings (SSSR count). The molecule has 0 radical (unpaired) electrons. The van der Waals surface area contributed by atoms with E-state index in [9.17, 15) is 14.4 Å². The molecule has 0 bridgehead atoms. The molecule has 0 spiro atoms. The molecule has 1 unspecified atom stereocenters. The Labute approximate surface area is 370 Å². The van der Waals surface area contributed by atoms with Crippen LogP contribution in [0.5, 0.6) is 0 Å². The second-order valence-corrected chi connectivity index (χ2v) is 16.4. The Bertz CT molecular complexity index is 1140. The van der Waals surface area contributed by atoms with Crippen molar-refractivity contribution < 1.29 is 28.6 Å². The van der Waals surface area contributed by atoms with Crippen LogP contribution in [0.4, 0.5) is 0 Å². The van der Waals surface area contributed by atoms with E-state index in [1.54, 1.807) is 0 Å². The van der Waals surface area contributed by atoms with Crippen LogP contribution in [0.25, 0.3) is 0 Å². The minimum absolute atomic E-state index is 0.0879. The van der Waals surface area contributed by atoms with E-state index in [0.717, 1.165) is 103 Å². The average molecular weight is 837 g/mol. The topological polar surface area (TPSA) is 78.9 Å². The van der Waals surface area contributed by atoms with Crippen molar-refractivity contribution in [2.24, 2.45) is 0 Å². The fraction of sp³-hybridized carbons (Fsp3) is 0.722. The van der Waals surface area contributed by atoms with Crippen molar-refractivity contribution in [1.29, 1.82) is 0 Å². The number of rotatable bonds is 44. The van der Waals surface area contributed by atoms with Crippen molar-refractivity contribution in [1.82, 2.24) is 0 Å². The summed E-state index contributed by atoms with van der Waals surface area (Å²) < 4.78 is 16.8. The average Bonchev–Trinajstić information content (AvgIpc) is 3.24. The van der Waals surface area contributed by atoms with Gasteiger partial charge >= 0.3 is 17.9 Å². The Balaban J connectivity index is 4.42. The van der Waals surface area contributed by atoms with Gasteiger partial charge in [-0.05, 0) is 89.9 Å². The molecule has 0 aromatic heterocycles. The molecule has 0 aliphatic heterocycles. The quantitative estimate of drug-likeness (QED) is 0.0200. The van der Waals surface area contributed by atoms with Crippen LogP contribution in [0.3, 0.4) is 0 Å². The van der Waals surface area contributed by atoms with E-state index in [1.807, 2.05) is 0 Å². The van der Waals surface area contributed by atoms with Crippen molar-refractivity contribution >= 4 is 17.9 Å². The first-order valence-electron chi connectivity index (χ1n) is 25.0. The van der Waals surface area contributed by atoms with E-state index in [0.29, 0.717) is 19.3 Å². The number of hydrogen-bond donors (Lipinski definition) is 0. The SMILES string of the molecule is CC\C=C/C=C\C=C/CCCCCCCC(=O)OCC(COC(=O)CCCCCCCCC/C=C\CCCCCC)OC(=O)CCCCCCCCC/C=C\C/C=C\CC. The molecule has 6 heteroatoms. The number of carbonyl (C=O) groups is 3. The van der Waals surface area contributed by atoms with Gasteiger partial charge in [0.2, 0.25) is 0 Å². The molecule has 0 aliphatic carbocycles. The van der Waals surface area contributed by atoms with Crippen molar-refractivity contribution in [3.63, 3.8) is 0 Å². The first-order chi connectivity index (χ1) is 29.5. The van der Waals surface area contributed by atoms with Gasteiger partial charge in [0.15, 0.2) is 6.10 Å². The zero-order valence-corrected chi connectivity index (χ0v) is 39.2. The van der Waals surface area contributed by atoms with Gasteiger partial charge in [-0.25, -0.2) is 0 Å². The van der Waals surface area contributed by atoms with E-state index < -0.39 is 6.10 Å². The van der Waals surface area contributed by atoms with E-state index in [1.165, 1.54) is 89.9 Å². The molecule has 0 aromatic rings. The van der Waals surface area contributed by atoms with E-state index in [4.69, 9.17) is 14.2 Å². The van der Waals surface area contributed by atoms with Crippen LogP contribution in [0.1, 0.15) is 233 Å². The minimum Gasteiger partial charge on any atom is -0.462 e. The highest BCUT2D eigenvalue weighted by Gasteiger charge is 2.19. The second-order valence-electron chi connectivity index (χ2n) is 16.4. The number of esters is 3. The van der Waals surface area contributed by atoms with E-state index in [-0.39, 0.29) is 31.1 Å². The van der Waals surface area contributed by atoms with Gasteiger partial charge in [0.25, 0.3) is 0 Å². The second kappa shape index (κ2) is 48.5. The zero-order valence-electron chi connectivity index (χ0n) is 39.2. The number of carbonyl (C=O) groups excluding carboxylic acids is 3. The summed E-state index contributed by atoms with van der Waals surface area (Å²) in [4.78, 5) is 37.9. The molecule has 1 atom stereocenters. The molecule has 0 saturated heterocycles. The predicted molar refractivity (Wildman–Crippen MR) is 256 cm³/mol. The lowest BCUT2D eigenvalue weighted by Gasteiger charge is -2.18. The van der Waals surface area contributed by atoms with Crippen molar-refractivity contribution in [2.45, 2.75) is 239 Å². The van der Waals surface area contributed by atoms with Crippen LogP contribution in [-0.4, -0.2) is 37.2 Å². The maximum absolute atomic E-state index is 12.8. The number of allylic oxidation sites excluding steroid dienone is 12. The zero-order chi connectivity index (χ0) is 43.7. The molecule has 0 saturated carbocycles. The standard InChI is InChI=1S/C54H92O6/c1-4-7-10-13-16-19-22-25-27-30-32-35-38-41-44-47-53(56)59-50-51(49-58-52(55)46-43-40-37-34-31-28-24-21-18-15-12-9-6-3)60-54(57)48-45-42-39-36-33-29-26-23-20-17-14-11-8-5-2/h8-9,11-12,15,17-22,24,51H,4-7,10,13-14,16,23,25-50H2,1-3H3/b11-8-,12-9-,18-15-,20-17-,22-19-,24-21-. The first kappa shape index (κ1) is 56.9. The van der Waals surface area contributed by atoms with E-state index >= 15 is 0 Å². The summed E-state index contributed by atoms with van der Waals surface area (Å²) in [5.74, 6) is -0.922. The van der Waals surface area contributed by atoms with Crippen molar-refractivity contribution in [3.8, 4) is 0 Å². The number of unbranched alkanes of at least 4 members (excludes halogenated alkanes) is 23. The lowest BCUT2D eigenvalue weighted by atomic mass is 10.1. The normalized spacial score (nSPS) is 12.7. The smallest absolute Gasteiger partial charge is 0.306 e.